The van der Waals surface area contributed by atoms with Crippen molar-refractivity contribution in [2.24, 2.45) is 0 Å². The Labute approximate surface area is 161 Å². The van der Waals surface area contributed by atoms with Crippen molar-refractivity contribution in [1.82, 2.24) is 9.88 Å². The molecule has 1 aromatic heterocycles. The van der Waals surface area contributed by atoms with E-state index >= 15 is 0 Å². The first-order valence-corrected chi connectivity index (χ1v) is 9.39. The van der Waals surface area contributed by atoms with E-state index in [1.165, 1.54) is 16.8 Å². The van der Waals surface area contributed by atoms with Gasteiger partial charge in [0.1, 0.15) is 5.82 Å². The van der Waals surface area contributed by atoms with Crippen molar-refractivity contribution in [3.63, 3.8) is 0 Å². The smallest absolute Gasteiger partial charge is 0.255 e. The van der Waals surface area contributed by atoms with Crippen molar-refractivity contribution in [3.8, 4) is 0 Å². The zero-order chi connectivity index (χ0) is 19.2. The lowest BCUT2D eigenvalue weighted by molar-refractivity contribution is 0.0746. The number of benzene rings is 1. The van der Waals surface area contributed by atoms with Gasteiger partial charge < -0.3 is 19.9 Å². The second-order valence-electron chi connectivity index (χ2n) is 6.85. The molecule has 1 aliphatic heterocycles. The van der Waals surface area contributed by atoms with Gasteiger partial charge in [-0.2, -0.15) is 0 Å². The molecule has 2 aromatic rings. The number of hydrogen-bond acceptors (Lipinski definition) is 5. The first-order chi connectivity index (χ1) is 13.1. The lowest BCUT2D eigenvalue weighted by atomic mass is 10.1. The van der Waals surface area contributed by atoms with Crippen LogP contribution in [0.5, 0.6) is 0 Å². The molecular weight excluding hydrogens is 340 g/mol. The van der Waals surface area contributed by atoms with E-state index in [1.54, 1.807) is 13.3 Å². The second-order valence-corrected chi connectivity index (χ2v) is 6.85. The van der Waals surface area contributed by atoms with E-state index < -0.39 is 0 Å². The quantitative estimate of drug-likeness (QED) is 0.795. The summed E-state index contributed by atoms with van der Waals surface area (Å²) in [6.45, 7) is 8.75. The fourth-order valence-corrected chi connectivity index (χ4v) is 3.32. The first-order valence-electron chi connectivity index (χ1n) is 9.39. The third kappa shape index (κ3) is 4.57. The average molecular weight is 368 g/mol. The maximum Gasteiger partial charge on any atom is 0.255 e. The summed E-state index contributed by atoms with van der Waals surface area (Å²) >= 11 is 0. The van der Waals surface area contributed by atoms with E-state index in [-0.39, 0.29) is 5.91 Å². The van der Waals surface area contributed by atoms with Crippen molar-refractivity contribution in [1.29, 1.82) is 0 Å². The van der Waals surface area contributed by atoms with Gasteiger partial charge in [0.15, 0.2) is 0 Å². The molecular formula is C21H28N4O2. The molecule has 0 spiro atoms. The first kappa shape index (κ1) is 19.2. The Morgan fingerprint density at radius 1 is 1.15 bits per heavy atom. The lowest BCUT2D eigenvalue weighted by Crippen LogP contribution is -2.49. The summed E-state index contributed by atoms with van der Waals surface area (Å²) in [5, 5.41) is 3.16. The molecule has 0 atom stereocenters. The minimum atomic E-state index is 0.0477. The van der Waals surface area contributed by atoms with Gasteiger partial charge in [-0.3, -0.25) is 4.79 Å². The number of carbonyl (C=O) groups excluding carboxylic acids is 1. The summed E-state index contributed by atoms with van der Waals surface area (Å²) in [4.78, 5) is 21.4. The van der Waals surface area contributed by atoms with Gasteiger partial charge >= 0.3 is 0 Å². The summed E-state index contributed by atoms with van der Waals surface area (Å²) in [5.74, 6) is 0.801. The molecule has 6 nitrogen and oxygen atoms in total. The molecule has 1 amide bonds. The highest BCUT2D eigenvalue weighted by Crippen LogP contribution is 2.24. The molecule has 2 heterocycles. The highest BCUT2D eigenvalue weighted by atomic mass is 16.5. The van der Waals surface area contributed by atoms with Crippen molar-refractivity contribution in [3.05, 3.63) is 53.2 Å². The van der Waals surface area contributed by atoms with Crippen LogP contribution in [0.15, 0.2) is 36.5 Å². The Morgan fingerprint density at radius 3 is 2.59 bits per heavy atom. The van der Waals surface area contributed by atoms with Crippen molar-refractivity contribution in [2.45, 2.75) is 13.8 Å². The topological polar surface area (TPSA) is 57.7 Å². The summed E-state index contributed by atoms with van der Waals surface area (Å²) in [6, 6.07) is 10.1. The Kier molecular flexibility index (Phi) is 6.29. The highest BCUT2D eigenvalue weighted by molar-refractivity contribution is 5.94. The molecule has 3 rings (SSSR count). The predicted octanol–water partition coefficient (Wildman–Crippen LogP) is 2.72. The molecule has 0 saturated carbocycles. The molecule has 1 aromatic carbocycles. The standard InChI is InChI=1S/C21H28N4O2/c1-16-5-4-6-19(17(16)2)24-10-12-25(13-11-24)21(26)18-7-8-20(23-15-18)22-9-14-27-3/h4-8,15H,9-14H2,1-3H3,(H,22,23). The predicted molar refractivity (Wildman–Crippen MR) is 109 cm³/mol. The molecule has 144 valence electrons. The number of piperazine rings is 1. The molecule has 27 heavy (non-hydrogen) atoms. The SMILES string of the molecule is COCCNc1ccc(C(=O)N2CCN(c3cccc(C)c3C)CC2)cn1. The average Bonchev–Trinajstić information content (AvgIpc) is 2.70. The van der Waals surface area contributed by atoms with Crippen LogP contribution in [0.1, 0.15) is 21.5 Å². The van der Waals surface area contributed by atoms with Crippen LogP contribution in [0, 0.1) is 13.8 Å². The fourth-order valence-electron chi connectivity index (χ4n) is 3.32. The number of amides is 1. The molecule has 0 radical (unpaired) electrons. The Morgan fingerprint density at radius 2 is 1.93 bits per heavy atom. The maximum atomic E-state index is 12.8. The minimum absolute atomic E-state index is 0.0477. The number of nitrogens with zero attached hydrogens (tertiary/aromatic N) is 3. The van der Waals surface area contributed by atoms with Crippen LogP contribution in [0.2, 0.25) is 0 Å². The Balaban J connectivity index is 1.57. The largest absolute Gasteiger partial charge is 0.383 e. The number of methoxy groups -OCH3 is 1. The zero-order valence-electron chi connectivity index (χ0n) is 16.4. The third-order valence-corrected chi connectivity index (χ3v) is 5.11. The van der Waals surface area contributed by atoms with Gasteiger partial charge in [-0.25, -0.2) is 4.98 Å². The Bertz CT molecular complexity index is 768. The van der Waals surface area contributed by atoms with Crippen LogP contribution in [-0.4, -0.2) is 62.2 Å². The van der Waals surface area contributed by atoms with E-state index in [0.717, 1.165) is 32.0 Å². The number of rotatable bonds is 6. The number of pyridine rings is 1. The van der Waals surface area contributed by atoms with Crippen LogP contribution in [0.4, 0.5) is 11.5 Å². The molecule has 1 fully saturated rings. The minimum Gasteiger partial charge on any atom is -0.383 e. The van der Waals surface area contributed by atoms with Crippen LogP contribution in [-0.2, 0) is 4.74 Å². The molecule has 0 aliphatic carbocycles. The van der Waals surface area contributed by atoms with Crippen LogP contribution in [0.3, 0.4) is 0 Å². The molecule has 6 heteroatoms. The number of nitrogens with one attached hydrogen (secondary N) is 1. The number of ether oxygens (including phenoxy) is 1. The summed E-state index contributed by atoms with van der Waals surface area (Å²) in [6.07, 6.45) is 1.65. The number of hydrogen-bond donors (Lipinski definition) is 1. The molecule has 0 unspecified atom stereocenters. The van der Waals surface area contributed by atoms with Gasteiger partial charge in [-0.15, -0.1) is 0 Å². The molecule has 0 bridgehead atoms. The van der Waals surface area contributed by atoms with Crippen molar-refractivity contribution < 1.29 is 9.53 Å². The van der Waals surface area contributed by atoms with E-state index in [1.807, 2.05) is 17.0 Å². The summed E-state index contributed by atoms with van der Waals surface area (Å²) < 4.78 is 5.00. The van der Waals surface area contributed by atoms with Crippen molar-refractivity contribution >= 4 is 17.4 Å². The summed E-state index contributed by atoms with van der Waals surface area (Å²) in [5.41, 5.74) is 4.53. The van der Waals surface area contributed by atoms with E-state index in [9.17, 15) is 4.79 Å². The van der Waals surface area contributed by atoms with Crippen molar-refractivity contribution in [2.75, 3.05) is 56.7 Å². The van der Waals surface area contributed by atoms with E-state index in [0.29, 0.717) is 18.7 Å². The van der Waals surface area contributed by atoms with Crippen LogP contribution >= 0.6 is 0 Å². The molecule has 1 aliphatic rings. The zero-order valence-corrected chi connectivity index (χ0v) is 16.4. The van der Waals surface area contributed by atoms with Crippen LogP contribution in [0.25, 0.3) is 0 Å². The van der Waals surface area contributed by atoms with Gasteiger partial charge in [0.05, 0.1) is 12.2 Å². The van der Waals surface area contributed by atoms with Gasteiger partial charge in [-0.1, -0.05) is 12.1 Å². The molecule has 1 N–H and O–H groups in total. The van der Waals surface area contributed by atoms with E-state index in [4.69, 9.17) is 4.74 Å². The number of aryl methyl sites for hydroxylation is 1. The van der Waals surface area contributed by atoms with Gasteiger partial charge in [0.2, 0.25) is 0 Å². The lowest BCUT2D eigenvalue weighted by Gasteiger charge is -2.37. The van der Waals surface area contributed by atoms with Gasteiger partial charge in [0.25, 0.3) is 5.91 Å². The normalized spacial score (nSPS) is 14.3. The van der Waals surface area contributed by atoms with Gasteiger partial charge in [0, 0.05) is 51.7 Å². The third-order valence-electron chi connectivity index (χ3n) is 5.11. The monoisotopic (exact) mass is 368 g/mol. The summed E-state index contributed by atoms with van der Waals surface area (Å²) in [7, 11) is 1.66. The highest BCUT2D eigenvalue weighted by Gasteiger charge is 2.23. The number of carbonyl (C=O) groups is 1. The number of aromatic nitrogens is 1. The van der Waals surface area contributed by atoms with Crippen LogP contribution < -0.4 is 10.2 Å². The fraction of sp³-hybridized carbons (Fsp3) is 0.429. The van der Waals surface area contributed by atoms with E-state index in [2.05, 4.69) is 47.2 Å². The Hall–Kier alpha value is -2.60. The second kappa shape index (κ2) is 8.86. The maximum absolute atomic E-state index is 12.8. The van der Waals surface area contributed by atoms with Gasteiger partial charge in [-0.05, 0) is 43.2 Å². The molecule has 1 saturated heterocycles. The number of anilines is 2.